The predicted molar refractivity (Wildman–Crippen MR) is 40.1 cm³/mol. The van der Waals surface area contributed by atoms with E-state index in [-0.39, 0.29) is 10.5 Å². The average Bonchev–Trinajstić information content (AvgIpc) is 1.59. The molecule has 0 aromatic carbocycles. The van der Waals surface area contributed by atoms with Crippen molar-refractivity contribution in [3.05, 3.63) is 0 Å². The Morgan fingerprint density at radius 2 is 1.89 bits per heavy atom. The number of rotatable bonds is 3. The van der Waals surface area contributed by atoms with Crippen LogP contribution in [-0.4, -0.2) is 14.2 Å². The molecule has 5 heteroatoms. The van der Waals surface area contributed by atoms with Gasteiger partial charge in [0, 0.05) is 0 Å². The van der Waals surface area contributed by atoms with Crippen LogP contribution in [-0.2, 0) is 8.27 Å². The fraction of sp³-hybridized carbons (Fsp3) is 1.00. The lowest BCUT2D eigenvalue weighted by atomic mass is 10.4. The molecule has 0 aromatic heterocycles. The van der Waals surface area contributed by atoms with Crippen LogP contribution in [0.5, 0.6) is 0 Å². The van der Waals surface area contributed by atoms with Crippen LogP contribution in [0.15, 0.2) is 0 Å². The molecule has 0 bridgehead atoms. The molecule has 0 unspecified atom stereocenters. The van der Waals surface area contributed by atoms with Crippen LogP contribution in [0.4, 0.5) is 4.70 Å². The third-order valence-corrected chi connectivity index (χ3v) is 2.49. The zero-order valence-electron chi connectivity index (χ0n) is 5.13. The Labute approximate surface area is 62.1 Å². The molecule has 0 heterocycles. The highest BCUT2D eigenvalue weighted by Crippen LogP contribution is 2.02. The van der Waals surface area contributed by atoms with Crippen LogP contribution in [0.3, 0.4) is 0 Å². The van der Waals surface area contributed by atoms with Crippen molar-refractivity contribution in [2.24, 2.45) is 0 Å². The molecular formula is C4H10BrFO2S. The van der Waals surface area contributed by atoms with Gasteiger partial charge in [-0.1, -0.05) is 13.3 Å². The van der Waals surface area contributed by atoms with Gasteiger partial charge in [-0.2, -0.15) is 0 Å². The smallest absolute Gasteiger partial charge is 0.209 e. The molecule has 0 aromatic rings. The van der Waals surface area contributed by atoms with Gasteiger partial charge in [0.05, 0.1) is 20.6 Å². The van der Waals surface area contributed by atoms with Crippen molar-refractivity contribution in [3.63, 3.8) is 0 Å². The van der Waals surface area contributed by atoms with Crippen molar-refractivity contribution >= 4 is 23.1 Å². The van der Waals surface area contributed by atoms with Gasteiger partial charge in [0.2, 0.25) is 8.27 Å². The van der Waals surface area contributed by atoms with Gasteiger partial charge in [-0.05, 0) is 6.42 Å². The summed E-state index contributed by atoms with van der Waals surface area (Å²) in [5, 5.41) is 0. The van der Waals surface area contributed by atoms with Crippen LogP contribution >= 0.6 is 14.8 Å². The SMILES string of the molecule is CCCCS(=O)(=O)Br.F. The molecule has 0 N–H and O–H groups in total. The van der Waals surface area contributed by atoms with Gasteiger partial charge in [0.1, 0.15) is 0 Å². The maximum atomic E-state index is 10.3. The fourth-order valence-corrected chi connectivity index (χ4v) is 1.64. The monoisotopic (exact) mass is 220 g/mol. The minimum Gasteiger partial charge on any atom is -0.269 e. The second-order valence-corrected chi connectivity index (χ2v) is 6.04. The standard InChI is InChI=1S/C4H9BrO2S.FH/c1-2-3-4-8(5,6)7;/h2-4H2,1H3;1H. The lowest BCUT2D eigenvalue weighted by molar-refractivity contribution is 0.608. The van der Waals surface area contributed by atoms with Gasteiger partial charge in [-0.25, -0.2) is 8.42 Å². The molecule has 0 spiro atoms. The lowest BCUT2D eigenvalue weighted by Crippen LogP contribution is -1.94. The number of unbranched alkanes of at least 4 members (excludes halogenated alkanes) is 1. The summed E-state index contributed by atoms with van der Waals surface area (Å²) >= 11 is 2.55. The molecule has 0 fully saturated rings. The number of halogens is 2. The second kappa shape index (κ2) is 5.17. The van der Waals surface area contributed by atoms with Crippen molar-refractivity contribution in [3.8, 4) is 0 Å². The highest BCUT2D eigenvalue weighted by atomic mass is 79.9. The Morgan fingerprint density at radius 1 is 1.44 bits per heavy atom. The lowest BCUT2D eigenvalue weighted by Gasteiger charge is -1.89. The zero-order chi connectivity index (χ0) is 6.62. The molecule has 0 saturated carbocycles. The molecule has 0 rings (SSSR count). The van der Waals surface area contributed by atoms with Gasteiger partial charge in [0.15, 0.2) is 0 Å². The summed E-state index contributed by atoms with van der Waals surface area (Å²) in [6.07, 6.45) is 1.67. The molecule has 9 heavy (non-hydrogen) atoms. The van der Waals surface area contributed by atoms with E-state index in [9.17, 15) is 8.42 Å². The number of hydrogen-bond acceptors (Lipinski definition) is 2. The van der Waals surface area contributed by atoms with E-state index in [1.54, 1.807) is 0 Å². The van der Waals surface area contributed by atoms with E-state index in [0.717, 1.165) is 12.8 Å². The summed E-state index contributed by atoms with van der Waals surface area (Å²) in [7, 11) is -2.87. The zero-order valence-corrected chi connectivity index (χ0v) is 7.53. The summed E-state index contributed by atoms with van der Waals surface area (Å²) in [4.78, 5) is 0. The molecule has 0 aliphatic carbocycles. The van der Waals surface area contributed by atoms with Gasteiger partial charge >= 0.3 is 0 Å². The van der Waals surface area contributed by atoms with E-state index >= 15 is 0 Å². The molecule has 0 saturated heterocycles. The normalized spacial score (nSPS) is 10.4. The van der Waals surface area contributed by atoms with Gasteiger partial charge < -0.3 is 0 Å². The highest BCUT2D eigenvalue weighted by molar-refractivity contribution is 9.47. The summed E-state index contributed by atoms with van der Waals surface area (Å²) < 4.78 is 20.6. The van der Waals surface area contributed by atoms with E-state index < -0.39 is 8.27 Å². The van der Waals surface area contributed by atoms with Crippen molar-refractivity contribution in [2.75, 3.05) is 5.75 Å². The third kappa shape index (κ3) is 11.8. The minimum absolute atomic E-state index is 0. The maximum Gasteiger partial charge on any atom is 0.209 e. The Hall–Kier alpha value is 0.360. The van der Waals surface area contributed by atoms with Crippen LogP contribution < -0.4 is 0 Å². The quantitative estimate of drug-likeness (QED) is 0.679. The van der Waals surface area contributed by atoms with Gasteiger partial charge in [-0.3, -0.25) is 4.70 Å². The number of hydrogen-bond donors (Lipinski definition) is 0. The first-order valence-corrected chi connectivity index (χ1v) is 5.98. The van der Waals surface area contributed by atoms with Crippen LogP contribution in [0.2, 0.25) is 0 Å². The van der Waals surface area contributed by atoms with Crippen molar-refractivity contribution in [1.82, 2.24) is 0 Å². The summed E-state index contributed by atoms with van der Waals surface area (Å²) in [5.41, 5.74) is 0. The topological polar surface area (TPSA) is 34.1 Å². The van der Waals surface area contributed by atoms with E-state index in [0.29, 0.717) is 0 Å². The van der Waals surface area contributed by atoms with Crippen LogP contribution in [0.1, 0.15) is 19.8 Å². The molecule has 0 aliphatic rings. The van der Waals surface area contributed by atoms with Crippen LogP contribution in [0, 0.1) is 0 Å². The second-order valence-electron chi connectivity index (χ2n) is 1.60. The highest BCUT2D eigenvalue weighted by Gasteiger charge is 2.00. The van der Waals surface area contributed by atoms with Crippen molar-refractivity contribution in [2.45, 2.75) is 19.8 Å². The van der Waals surface area contributed by atoms with Crippen molar-refractivity contribution in [1.29, 1.82) is 0 Å². The average molecular weight is 221 g/mol. The first-order valence-electron chi connectivity index (χ1n) is 2.48. The van der Waals surface area contributed by atoms with E-state index in [1.165, 1.54) is 0 Å². The summed E-state index contributed by atoms with van der Waals surface area (Å²) in [6.45, 7) is 1.96. The predicted octanol–water partition coefficient (Wildman–Crippen LogP) is 1.66. The molecule has 0 atom stereocenters. The molecule has 58 valence electrons. The van der Waals surface area contributed by atoms with Gasteiger partial charge in [0.25, 0.3) is 0 Å². The molecule has 0 aliphatic heterocycles. The Bertz CT molecular complexity index is 143. The van der Waals surface area contributed by atoms with E-state index in [2.05, 4.69) is 14.8 Å². The minimum atomic E-state index is -2.87. The molecule has 0 radical (unpaired) electrons. The third-order valence-electron chi connectivity index (χ3n) is 0.742. The first kappa shape index (κ1) is 12.1. The van der Waals surface area contributed by atoms with Gasteiger partial charge in [-0.15, -0.1) is 0 Å². The Kier molecular flexibility index (Phi) is 6.94. The summed E-state index contributed by atoms with van der Waals surface area (Å²) in [5.74, 6) is 0.253. The first-order chi connectivity index (χ1) is 3.56. The molecular weight excluding hydrogens is 211 g/mol. The Morgan fingerprint density at radius 3 is 2.00 bits per heavy atom. The summed E-state index contributed by atoms with van der Waals surface area (Å²) in [6, 6.07) is 0. The maximum absolute atomic E-state index is 10.3. The van der Waals surface area contributed by atoms with E-state index in [1.807, 2.05) is 6.92 Å². The fourth-order valence-electron chi connectivity index (χ4n) is 0.317. The van der Waals surface area contributed by atoms with E-state index in [4.69, 9.17) is 0 Å². The largest absolute Gasteiger partial charge is 0.269 e. The molecule has 2 nitrogen and oxygen atoms in total. The molecule has 0 amide bonds. The van der Waals surface area contributed by atoms with Crippen LogP contribution in [0.25, 0.3) is 0 Å². The Balaban J connectivity index is 0. The van der Waals surface area contributed by atoms with Crippen molar-refractivity contribution < 1.29 is 13.1 Å².